The summed E-state index contributed by atoms with van der Waals surface area (Å²) in [6.45, 7) is 3.77. The first kappa shape index (κ1) is 17.3. The minimum absolute atomic E-state index is 0.0931. The molecule has 1 atom stereocenters. The first-order valence-electron chi connectivity index (χ1n) is 7.95. The molecule has 23 heavy (non-hydrogen) atoms. The molecule has 1 aromatic heterocycles. The van der Waals surface area contributed by atoms with Crippen LogP contribution in [0.3, 0.4) is 0 Å². The molecule has 1 amide bonds. The van der Waals surface area contributed by atoms with Gasteiger partial charge in [-0.05, 0) is 32.9 Å². The molecule has 0 bridgehead atoms. The lowest BCUT2D eigenvalue weighted by atomic mass is 9.97. The van der Waals surface area contributed by atoms with E-state index in [1.165, 1.54) is 6.33 Å². The number of piperidine rings is 1. The van der Waals surface area contributed by atoms with Gasteiger partial charge >= 0.3 is 5.97 Å². The van der Waals surface area contributed by atoms with E-state index in [9.17, 15) is 9.59 Å². The highest BCUT2D eigenvalue weighted by atomic mass is 16.4. The van der Waals surface area contributed by atoms with Gasteiger partial charge in [-0.2, -0.15) is 0 Å². The summed E-state index contributed by atoms with van der Waals surface area (Å²) in [4.78, 5) is 35.2. The van der Waals surface area contributed by atoms with Gasteiger partial charge in [-0.3, -0.25) is 14.5 Å². The molecule has 1 aromatic rings. The molecule has 0 unspecified atom stereocenters. The Kier molecular flexibility index (Phi) is 6.04. The van der Waals surface area contributed by atoms with Gasteiger partial charge in [0.2, 0.25) is 5.91 Å². The number of hydrogen-bond acceptors (Lipinski definition) is 5. The van der Waals surface area contributed by atoms with Crippen molar-refractivity contribution in [2.45, 2.75) is 32.2 Å². The van der Waals surface area contributed by atoms with E-state index in [1.54, 1.807) is 11.1 Å². The summed E-state index contributed by atoms with van der Waals surface area (Å²) in [5.41, 5.74) is 0.928. The average molecular weight is 320 g/mol. The normalized spacial score (nSPS) is 17.3. The summed E-state index contributed by atoms with van der Waals surface area (Å²) < 4.78 is 0. The second-order valence-corrected chi connectivity index (χ2v) is 6.03. The topological polar surface area (TPSA) is 86.6 Å². The Morgan fingerprint density at radius 1 is 1.43 bits per heavy atom. The summed E-state index contributed by atoms with van der Waals surface area (Å²) in [6.07, 6.45) is 4.77. The Hall–Kier alpha value is -2.02. The number of carbonyl (C=O) groups is 2. The minimum Gasteiger partial charge on any atom is -0.481 e. The van der Waals surface area contributed by atoms with E-state index in [4.69, 9.17) is 5.11 Å². The summed E-state index contributed by atoms with van der Waals surface area (Å²) in [5.74, 6) is -0.967. The van der Waals surface area contributed by atoms with Crippen molar-refractivity contribution in [3.63, 3.8) is 0 Å². The molecule has 126 valence electrons. The fourth-order valence-corrected chi connectivity index (χ4v) is 2.77. The standard InChI is InChI=1S/C16H24N4O3/c1-12(14-3-7-17-11-18-14)19(2)8-6-15(21)20-9-4-13(5-10-20)16(22)23/h3,7,11-13H,4-6,8-10H2,1-2H3,(H,22,23)/t12-/m1/s1. The third-order valence-corrected chi connectivity index (χ3v) is 4.57. The first-order chi connectivity index (χ1) is 11.0. The van der Waals surface area contributed by atoms with Gasteiger partial charge in [0.05, 0.1) is 11.6 Å². The van der Waals surface area contributed by atoms with E-state index < -0.39 is 5.97 Å². The quantitative estimate of drug-likeness (QED) is 0.847. The Labute approximate surface area is 136 Å². The van der Waals surface area contributed by atoms with E-state index in [1.807, 2.05) is 20.0 Å². The SMILES string of the molecule is C[C@H](c1ccncn1)N(C)CCC(=O)N1CCC(C(=O)O)CC1. The zero-order chi connectivity index (χ0) is 16.8. The number of nitrogens with zero attached hydrogens (tertiary/aromatic N) is 4. The number of carboxylic acid groups (broad SMARTS) is 1. The smallest absolute Gasteiger partial charge is 0.306 e. The molecule has 2 heterocycles. The summed E-state index contributed by atoms with van der Waals surface area (Å²) >= 11 is 0. The van der Waals surface area contributed by atoms with Crippen LogP contribution < -0.4 is 0 Å². The van der Waals surface area contributed by atoms with Gasteiger partial charge in [0.1, 0.15) is 6.33 Å². The van der Waals surface area contributed by atoms with Crippen molar-refractivity contribution in [1.82, 2.24) is 19.8 Å². The number of rotatable bonds is 6. The highest BCUT2D eigenvalue weighted by Crippen LogP contribution is 2.19. The Morgan fingerprint density at radius 2 is 2.13 bits per heavy atom. The molecule has 0 spiro atoms. The third-order valence-electron chi connectivity index (χ3n) is 4.57. The Morgan fingerprint density at radius 3 is 2.70 bits per heavy atom. The van der Waals surface area contributed by atoms with E-state index in [0.717, 1.165) is 5.69 Å². The van der Waals surface area contributed by atoms with Crippen LogP contribution in [0.5, 0.6) is 0 Å². The minimum atomic E-state index is -0.754. The molecular weight excluding hydrogens is 296 g/mol. The molecule has 0 saturated carbocycles. The molecule has 7 nitrogen and oxygen atoms in total. The summed E-state index contributed by atoms with van der Waals surface area (Å²) in [5, 5.41) is 8.99. The van der Waals surface area contributed by atoms with Crippen molar-refractivity contribution in [3.05, 3.63) is 24.3 Å². The molecule has 2 rings (SSSR count). The molecular formula is C16H24N4O3. The largest absolute Gasteiger partial charge is 0.481 e. The highest BCUT2D eigenvalue weighted by molar-refractivity contribution is 5.77. The third kappa shape index (κ3) is 4.72. The number of carboxylic acids is 1. The van der Waals surface area contributed by atoms with Crippen LogP contribution in [0.1, 0.15) is 37.9 Å². The van der Waals surface area contributed by atoms with Crippen LogP contribution in [0.4, 0.5) is 0 Å². The molecule has 1 aliphatic heterocycles. The molecule has 1 fully saturated rings. The van der Waals surface area contributed by atoms with Crippen molar-refractivity contribution >= 4 is 11.9 Å². The Balaban J connectivity index is 1.77. The van der Waals surface area contributed by atoms with Crippen molar-refractivity contribution in [3.8, 4) is 0 Å². The second kappa shape index (κ2) is 8.01. The number of carbonyl (C=O) groups excluding carboxylic acids is 1. The first-order valence-corrected chi connectivity index (χ1v) is 7.95. The zero-order valence-corrected chi connectivity index (χ0v) is 13.7. The van der Waals surface area contributed by atoms with Crippen LogP contribution in [0.15, 0.2) is 18.6 Å². The highest BCUT2D eigenvalue weighted by Gasteiger charge is 2.27. The monoisotopic (exact) mass is 320 g/mol. The number of amides is 1. The number of aromatic nitrogens is 2. The molecule has 1 saturated heterocycles. The van der Waals surface area contributed by atoms with Gasteiger partial charge < -0.3 is 10.0 Å². The van der Waals surface area contributed by atoms with Crippen molar-refractivity contribution in [1.29, 1.82) is 0 Å². The van der Waals surface area contributed by atoms with Crippen LogP contribution >= 0.6 is 0 Å². The maximum atomic E-state index is 12.3. The van der Waals surface area contributed by atoms with Crippen molar-refractivity contribution in [2.24, 2.45) is 5.92 Å². The van der Waals surface area contributed by atoms with Crippen LogP contribution in [0.25, 0.3) is 0 Å². The lowest BCUT2D eigenvalue weighted by Gasteiger charge is -2.31. The summed E-state index contributed by atoms with van der Waals surface area (Å²) in [6, 6.07) is 1.99. The molecule has 0 aromatic carbocycles. The van der Waals surface area contributed by atoms with Crippen LogP contribution in [-0.2, 0) is 9.59 Å². The second-order valence-electron chi connectivity index (χ2n) is 6.03. The fourth-order valence-electron chi connectivity index (χ4n) is 2.77. The van der Waals surface area contributed by atoms with Crippen LogP contribution in [0, 0.1) is 5.92 Å². The maximum Gasteiger partial charge on any atom is 0.306 e. The van der Waals surface area contributed by atoms with Gasteiger partial charge in [0, 0.05) is 38.3 Å². The van der Waals surface area contributed by atoms with Gasteiger partial charge in [0.15, 0.2) is 0 Å². The number of hydrogen-bond donors (Lipinski definition) is 1. The fraction of sp³-hybridized carbons (Fsp3) is 0.625. The van der Waals surface area contributed by atoms with Crippen LogP contribution in [0.2, 0.25) is 0 Å². The molecule has 1 aliphatic rings. The van der Waals surface area contributed by atoms with Gasteiger partial charge in [-0.1, -0.05) is 0 Å². The predicted molar refractivity (Wildman–Crippen MR) is 84.6 cm³/mol. The van der Waals surface area contributed by atoms with Gasteiger partial charge in [-0.25, -0.2) is 9.97 Å². The van der Waals surface area contributed by atoms with Gasteiger partial charge in [-0.15, -0.1) is 0 Å². The van der Waals surface area contributed by atoms with E-state index in [2.05, 4.69) is 14.9 Å². The van der Waals surface area contributed by atoms with E-state index in [0.29, 0.717) is 38.9 Å². The number of aliphatic carboxylic acids is 1. The lowest BCUT2D eigenvalue weighted by Crippen LogP contribution is -2.41. The average Bonchev–Trinajstić information content (AvgIpc) is 2.59. The molecule has 0 aliphatic carbocycles. The zero-order valence-electron chi connectivity index (χ0n) is 13.7. The summed E-state index contributed by atoms with van der Waals surface area (Å²) in [7, 11) is 1.97. The Bertz CT molecular complexity index is 529. The van der Waals surface area contributed by atoms with E-state index >= 15 is 0 Å². The lowest BCUT2D eigenvalue weighted by molar-refractivity contribution is -0.145. The molecule has 7 heteroatoms. The van der Waals surface area contributed by atoms with Gasteiger partial charge in [0.25, 0.3) is 0 Å². The predicted octanol–water partition coefficient (Wildman–Crippen LogP) is 1.18. The van der Waals surface area contributed by atoms with Crippen LogP contribution in [-0.4, -0.2) is 63.4 Å². The number of likely N-dealkylation sites (tertiary alicyclic amines) is 1. The molecule has 1 N–H and O–H groups in total. The van der Waals surface area contributed by atoms with Crippen molar-refractivity contribution < 1.29 is 14.7 Å². The van der Waals surface area contributed by atoms with E-state index in [-0.39, 0.29) is 17.9 Å². The molecule has 0 radical (unpaired) electrons. The maximum absolute atomic E-state index is 12.3. The van der Waals surface area contributed by atoms with Crippen molar-refractivity contribution in [2.75, 3.05) is 26.7 Å².